The van der Waals surface area contributed by atoms with E-state index in [4.69, 9.17) is 9.47 Å². The summed E-state index contributed by atoms with van der Waals surface area (Å²) in [6.07, 6.45) is 0.916. The molecular weight excluding hydrogens is 260 g/mol. The van der Waals surface area contributed by atoms with Gasteiger partial charge in [0, 0.05) is 11.9 Å². The van der Waals surface area contributed by atoms with Gasteiger partial charge in [0.1, 0.15) is 0 Å². The molecule has 0 saturated carbocycles. The monoisotopic (exact) mass is 278 g/mol. The van der Waals surface area contributed by atoms with Gasteiger partial charge < -0.3 is 14.8 Å². The molecule has 19 heavy (non-hydrogen) atoms. The van der Waals surface area contributed by atoms with Crippen molar-refractivity contribution in [3.63, 3.8) is 0 Å². The van der Waals surface area contributed by atoms with Crippen molar-refractivity contribution in [3.8, 4) is 11.5 Å². The fourth-order valence-electron chi connectivity index (χ4n) is 1.79. The first-order chi connectivity index (χ1) is 9.22. The topological polar surface area (TPSA) is 43.4 Å². The number of methoxy groups -OCH3 is 2. The molecule has 102 valence electrons. The van der Waals surface area contributed by atoms with E-state index in [1.54, 1.807) is 25.6 Å². The summed E-state index contributed by atoms with van der Waals surface area (Å²) in [6.45, 7) is 2.85. The molecule has 0 fully saturated rings. The third-order valence-electron chi connectivity index (χ3n) is 2.76. The molecule has 4 nitrogen and oxygen atoms in total. The van der Waals surface area contributed by atoms with Crippen LogP contribution < -0.4 is 14.8 Å². The first kappa shape index (κ1) is 13.7. The molecule has 0 aliphatic rings. The van der Waals surface area contributed by atoms with Crippen LogP contribution in [-0.2, 0) is 6.42 Å². The van der Waals surface area contributed by atoms with Crippen LogP contribution in [-0.4, -0.2) is 25.7 Å². The summed E-state index contributed by atoms with van der Waals surface area (Å²) < 4.78 is 10.5. The van der Waals surface area contributed by atoms with Crippen molar-refractivity contribution in [2.45, 2.75) is 13.3 Å². The Kier molecular flexibility index (Phi) is 4.63. The second kappa shape index (κ2) is 6.43. The minimum absolute atomic E-state index is 0.759. The number of benzene rings is 1. The Morgan fingerprint density at radius 3 is 2.63 bits per heavy atom. The van der Waals surface area contributed by atoms with Crippen LogP contribution in [0.4, 0.5) is 5.13 Å². The molecule has 0 saturated heterocycles. The Morgan fingerprint density at radius 2 is 2.00 bits per heavy atom. The van der Waals surface area contributed by atoms with E-state index in [9.17, 15) is 0 Å². The lowest BCUT2D eigenvalue weighted by molar-refractivity contribution is 0.354. The van der Waals surface area contributed by atoms with E-state index in [2.05, 4.69) is 16.4 Å². The first-order valence-electron chi connectivity index (χ1n) is 6.10. The Balaban J connectivity index is 1.92. The van der Waals surface area contributed by atoms with E-state index in [0.29, 0.717) is 0 Å². The Morgan fingerprint density at radius 1 is 1.21 bits per heavy atom. The molecule has 0 unspecified atom stereocenters. The van der Waals surface area contributed by atoms with Gasteiger partial charge in [0.25, 0.3) is 0 Å². The third-order valence-corrected chi connectivity index (χ3v) is 3.67. The van der Waals surface area contributed by atoms with Gasteiger partial charge >= 0.3 is 0 Å². The van der Waals surface area contributed by atoms with Crippen LogP contribution in [0.3, 0.4) is 0 Å². The second-order valence-electron chi connectivity index (χ2n) is 4.16. The zero-order valence-corrected chi connectivity index (χ0v) is 12.2. The number of hydrogen-bond donors (Lipinski definition) is 1. The van der Waals surface area contributed by atoms with Crippen molar-refractivity contribution < 1.29 is 9.47 Å². The van der Waals surface area contributed by atoms with E-state index >= 15 is 0 Å². The number of nitrogens with zero attached hydrogens (tertiary/aromatic N) is 1. The molecule has 2 rings (SSSR count). The van der Waals surface area contributed by atoms with Crippen molar-refractivity contribution in [1.82, 2.24) is 4.98 Å². The van der Waals surface area contributed by atoms with Crippen LogP contribution in [0.15, 0.2) is 23.6 Å². The molecule has 1 heterocycles. The van der Waals surface area contributed by atoms with E-state index in [1.807, 2.05) is 24.4 Å². The molecule has 0 aliphatic carbocycles. The van der Waals surface area contributed by atoms with Crippen molar-refractivity contribution in [3.05, 3.63) is 34.8 Å². The minimum Gasteiger partial charge on any atom is -0.493 e. The molecule has 0 amide bonds. The van der Waals surface area contributed by atoms with Crippen molar-refractivity contribution in [2.75, 3.05) is 26.1 Å². The molecule has 5 heteroatoms. The molecule has 1 N–H and O–H groups in total. The molecule has 0 aliphatic heterocycles. The average Bonchev–Trinajstić information content (AvgIpc) is 2.84. The summed E-state index contributed by atoms with van der Waals surface area (Å²) in [4.78, 5) is 4.37. The van der Waals surface area contributed by atoms with E-state index in [1.165, 1.54) is 5.56 Å². The summed E-state index contributed by atoms with van der Waals surface area (Å²) >= 11 is 1.63. The van der Waals surface area contributed by atoms with Gasteiger partial charge in [-0.3, -0.25) is 0 Å². The molecule has 2 aromatic rings. The number of aryl methyl sites for hydroxylation is 1. The van der Waals surface area contributed by atoms with E-state index in [0.717, 1.165) is 35.3 Å². The first-order valence-corrected chi connectivity index (χ1v) is 6.98. The fourth-order valence-corrected chi connectivity index (χ4v) is 2.50. The zero-order chi connectivity index (χ0) is 13.7. The summed E-state index contributed by atoms with van der Waals surface area (Å²) in [5.74, 6) is 1.53. The minimum atomic E-state index is 0.759. The lowest BCUT2D eigenvalue weighted by Gasteiger charge is -2.09. The van der Waals surface area contributed by atoms with Gasteiger partial charge in [-0.2, -0.15) is 0 Å². The number of nitrogens with one attached hydrogen (secondary N) is 1. The quantitative estimate of drug-likeness (QED) is 0.881. The number of hydrogen-bond acceptors (Lipinski definition) is 5. The number of rotatable bonds is 6. The predicted octanol–water partition coefficient (Wildman–Crippen LogP) is 3.12. The van der Waals surface area contributed by atoms with Gasteiger partial charge in [-0.1, -0.05) is 6.07 Å². The van der Waals surface area contributed by atoms with Gasteiger partial charge in [0.2, 0.25) is 0 Å². The third kappa shape index (κ3) is 3.61. The maximum absolute atomic E-state index is 5.29. The van der Waals surface area contributed by atoms with Gasteiger partial charge in [-0.05, 0) is 31.0 Å². The number of anilines is 1. The fraction of sp³-hybridized carbons (Fsp3) is 0.357. The summed E-state index contributed by atoms with van der Waals surface area (Å²) in [7, 11) is 3.29. The van der Waals surface area contributed by atoms with Crippen molar-refractivity contribution in [1.29, 1.82) is 0 Å². The normalized spacial score (nSPS) is 10.3. The van der Waals surface area contributed by atoms with E-state index < -0.39 is 0 Å². The summed E-state index contributed by atoms with van der Waals surface area (Å²) in [6, 6.07) is 5.99. The molecule has 1 aromatic heterocycles. The van der Waals surface area contributed by atoms with Crippen LogP contribution >= 0.6 is 11.3 Å². The zero-order valence-electron chi connectivity index (χ0n) is 11.4. The van der Waals surface area contributed by atoms with Gasteiger partial charge in [0.15, 0.2) is 16.6 Å². The number of aromatic nitrogens is 1. The molecule has 0 radical (unpaired) electrons. The lowest BCUT2D eigenvalue weighted by Crippen LogP contribution is -2.05. The molecule has 0 atom stereocenters. The van der Waals surface area contributed by atoms with Crippen LogP contribution in [0, 0.1) is 6.92 Å². The van der Waals surface area contributed by atoms with Crippen molar-refractivity contribution in [2.24, 2.45) is 0 Å². The van der Waals surface area contributed by atoms with E-state index in [-0.39, 0.29) is 0 Å². The van der Waals surface area contributed by atoms with Gasteiger partial charge in [-0.15, -0.1) is 11.3 Å². The Labute approximate surface area is 117 Å². The highest BCUT2D eigenvalue weighted by atomic mass is 32.1. The van der Waals surface area contributed by atoms with Crippen LogP contribution in [0.2, 0.25) is 0 Å². The highest BCUT2D eigenvalue weighted by Crippen LogP contribution is 2.27. The molecule has 1 aromatic carbocycles. The second-order valence-corrected chi connectivity index (χ2v) is 5.02. The van der Waals surface area contributed by atoms with Crippen molar-refractivity contribution >= 4 is 16.5 Å². The highest BCUT2D eigenvalue weighted by Gasteiger charge is 2.04. The van der Waals surface area contributed by atoms with Gasteiger partial charge in [0.05, 0.1) is 19.9 Å². The maximum atomic E-state index is 5.29. The standard InChI is InChI=1S/C14H18N2O2S/c1-10-9-19-14(16-10)15-7-6-11-4-5-12(17-2)13(8-11)18-3/h4-5,8-9H,6-7H2,1-3H3,(H,15,16). The highest BCUT2D eigenvalue weighted by molar-refractivity contribution is 7.13. The SMILES string of the molecule is COc1ccc(CCNc2nc(C)cs2)cc1OC. The predicted molar refractivity (Wildman–Crippen MR) is 78.6 cm³/mol. The molecule has 0 spiro atoms. The number of ether oxygens (including phenoxy) is 2. The lowest BCUT2D eigenvalue weighted by atomic mass is 10.1. The Bertz CT molecular complexity index is 540. The van der Waals surface area contributed by atoms with Crippen LogP contribution in [0.25, 0.3) is 0 Å². The molecular formula is C14H18N2O2S. The summed E-state index contributed by atoms with van der Waals surface area (Å²) in [5, 5.41) is 6.33. The summed E-state index contributed by atoms with van der Waals surface area (Å²) in [5.41, 5.74) is 2.26. The van der Waals surface area contributed by atoms with Crippen LogP contribution in [0.1, 0.15) is 11.3 Å². The Hall–Kier alpha value is -1.75. The number of thiazole rings is 1. The van der Waals surface area contributed by atoms with Crippen LogP contribution in [0.5, 0.6) is 11.5 Å². The maximum Gasteiger partial charge on any atom is 0.182 e. The largest absolute Gasteiger partial charge is 0.493 e. The average molecular weight is 278 g/mol. The smallest absolute Gasteiger partial charge is 0.182 e. The van der Waals surface area contributed by atoms with Gasteiger partial charge in [-0.25, -0.2) is 4.98 Å². The molecule has 0 bridgehead atoms.